The SMILES string of the molecule is O=C(C[NH2+][C@@H](c1ccccc1)c1ccco1)Nc1ccc2c(c1)CCC2. The molecule has 4 rings (SSSR count). The number of anilines is 1. The van der Waals surface area contributed by atoms with Gasteiger partial charge in [0.2, 0.25) is 0 Å². The molecule has 1 amide bonds. The average Bonchev–Trinajstić information content (AvgIpc) is 3.34. The monoisotopic (exact) mass is 347 g/mol. The summed E-state index contributed by atoms with van der Waals surface area (Å²) < 4.78 is 5.59. The molecule has 0 aliphatic heterocycles. The molecule has 4 heteroatoms. The Balaban J connectivity index is 1.42. The molecule has 1 aliphatic carbocycles. The first-order chi connectivity index (χ1) is 12.8. The molecule has 1 heterocycles. The van der Waals surface area contributed by atoms with E-state index in [2.05, 4.69) is 29.6 Å². The third-order valence-electron chi connectivity index (χ3n) is 4.93. The molecule has 0 bridgehead atoms. The van der Waals surface area contributed by atoms with Gasteiger partial charge in [0.1, 0.15) is 0 Å². The lowest BCUT2D eigenvalue weighted by Crippen LogP contribution is -2.87. The summed E-state index contributed by atoms with van der Waals surface area (Å²) >= 11 is 0. The third kappa shape index (κ3) is 3.70. The zero-order valence-corrected chi connectivity index (χ0v) is 14.7. The van der Waals surface area contributed by atoms with Crippen molar-refractivity contribution in [2.75, 3.05) is 11.9 Å². The van der Waals surface area contributed by atoms with Crippen molar-refractivity contribution in [1.29, 1.82) is 0 Å². The van der Waals surface area contributed by atoms with Crippen LogP contribution in [0.2, 0.25) is 0 Å². The van der Waals surface area contributed by atoms with E-state index in [0.717, 1.165) is 29.9 Å². The Morgan fingerprint density at radius 1 is 1.04 bits per heavy atom. The van der Waals surface area contributed by atoms with Crippen LogP contribution in [0.4, 0.5) is 5.69 Å². The van der Waals surface area contributed by atoms with Gasteiger partial charge in [0.05, 0.1) is 6.26 Å². The van der Waals surface area contributed by atoms with Crippen LogP contribution < -0.4 is 10.6 Å². The van der Waals surface area contributed by atoms with Gasteiger partial charge in [-0.3, -0.25) is 4.79 Å². The summed E-state index contributed by atoms with van der Waals surface area (Å²) in [7, 11) is 0. The minimum Gasteiger partial charge on any atom is -0.463 e. The van der Waals surface area contributed by atoms with Gasteiger partial charge in [0.25, 0.3) is 5.91 Å². The fourth-order valence-corrected chi connectivity index (χ4v) is 3.63. The van der Waals surface area contributed by atoms with Crippen molar-refractivity contribution in [2.45, 2.75) is 25.3 Å². The topological polar surface area (TPSA) is 58.9 Å². The van der Waals surface area contributed by atoms with E-state index in [1.54, 1.807) is 6.26 Å². The lowest BCUT2D eigenvalue weighted by atomic mass is 10.0. The minimum absolute atomic E-state index is 0.00423. The molecule has 0 saturated carbocycles. The van der Waals surface area contributed by atoms with Crippen LogP contribution in [0.3, 0.4) is 0 Å². The summed E-state index contributed by atoms with van der Waals surface area (Å²) in [5.41, 5.74) is 4.78. The Morgan fingerprint density at radius 2 is 1.88 bits per heavy atom. The molecule has 4 nitrogen and oxygen atoms in total. The van der Waals surface area contributed by atoms with Crippen LogP contribution in [0.15, 0.2) is 71.3 Å². The van der Waals surface area contributed by atoms with Crippen molar-refractivity contribution in [2.24, 2.45) is 0 Å². The molecular formula is C22H23N2O2+. The van der Waals surface area contributed by atoms with Gasteiger partial charge < -0.3 is 15.1 Å². The van der Waals surface area contributed by atoms with Crippen LogP contribution in [0, 0.1) is 0 Å². The number of amides is 1. The van der Waals surface area contributed by atoms with Gasteiger partial charge in [0.15, 0.2) is 18.3 Å². The molecule has 0 spiro atoms. The lowest BCUT2D eigenvalue weighted by molar-refractivity contribution is -0.678. The highest BCUT2D eigenvalue weighted by atomic mass is 16.3. The summed E-state index contributed by atoms with van der Waals surface area (Å²) in [6, 6.07) is 20.2. The van der Waals surface area contributed by atoms with E-state index < -0.39 is 0 Å². The second-order valence-corrected chi connectivity index (χ2v) is 6.73. The molecule has 1 aliphatic rings. The first-order valence-electron chi connectivity index (χ1n) is 9.13. The maximum absolute atomic E-state index is 12.4. The van der Waals surface area contributed by atoms with Gasteiger partial charge in [-0.25, -0.2) is 0 Å². The summed E-state index contributed by atoms with van der Waals surface area (Å²) in [6.07, 6.45) is 5.14. The summed E-state index contributed by atoms with van der Waals surface area (Å²) in [5.74, 6) is 0.844. The first-order valence-corrected chi connectivity index (χ1v) is 9.13. The summed E-state index contributed by atoms with van der Waals surface area (Å²) in [6.45, 7) is 0.331. The maximum Gasteiger partial charge on any atom is 0.279 e. The van der Waals surface area contributed by atoms with E-state index in [0.29, 0.717) is 6.54 Å². The fourth-order valence-electron chi connectivity index (χ4n) is 3.63. The van der Waals surface area contributed by atoms with Crippen LogP contribution in [-0.4, -0.2) is 12.5 Å². The highest BCUT2D eigenvalue weighted by Crippen LogP contribution is 2.24. The predicted octanol–water partition coefficient (Wildman–Crippen LogP) is 3.06. The average molecular weight is 347 g/mol. The zero-order valence-electron chi connectivity index (χ0n) is 14.7. The number of hydrogen-bond donors (Lipinski definition) is 2. The number of nitrogens with one attached hydrogen (secondary N) is 1. The van der Waals surface area contributed by atoms with E-state index in [1.165, 1.54) is 17.5 Å². The smallest absolute Gasteiger partial charge is 0.279 e. The van der Waals surface area contributed by atoms with E-state index in [1.807, 2.05) is 41.7 Å². The number of rotatable bonds is 6. The maximum atomic E-state index is 12.4. The van der Waals surface area contributed by atoms with Gasteiger partial charge in [0, 0.05) is 11.3 Å². The number of hydrogen-bond acceptors (Lipinski definition) is 2. The molecule has 3 N–H and O–H groups in total. The molecule has 0 saturated heterocycles. The third-order valence-corrected chi connectivity index (χ3v) is 4.93. The van der Waals surface area contributed by atoms with Crippen molar-refractivity contribution >= 4 is 11.6 Å². The van der Waals surface area contributed by atoms with Crippen molar-refractivity contribution in [1.82, 2.24) is 0 Å². The molecule has 2 aromatic carbocycles. The van der Waals surface area contributed by atoms with E-state index in [-0.39, 0.29) is 11.9 Å². The Bertz CT molecular complexity index is 872. The second-order valence-electron chi connectivity index (χ2n) is 6.73. The van der Waals surface area contributed by atoms with Gasteiger partial charge in [-0.2, -0.15) is 0 Å². The van der Waals surface area contributed by atoms with Gasteiger partial charge in [-0.05, 0) is 54.7 Å². The zero-order chi connectivity index (χ0) is 17.8. The molecular weight excluding hydrogens is 324 g/mol. The lowest BCUT2D eigenvalue weighted by Gasteiger charge is -2.14. The Kier molecular flexibility index (Phi) is 4.84. The van der Waals surface area contributed by atoms with Crippen molar-refractivity contribution in [3.05, 3.63) is 89.4 Å². The number of quaternary nitrogens is 1. The highest BCUT2D eigenvalue weighted by molar-refractivity contribution is 5.91. The Labute approximate surface area is 153 Å². The van der Waals surface area contributed by atoms with Gasteiger partial charge in [-0.15, -0.1) is 0 Å². The molecule has 132 valence electrons. The molecule has 1 atom stereocenters. The number of aryl methyl sites for hydroxylation is 2. The normalized spacial score (nSPS) is 14.0. The van der Waals surface area contributed by atoms with E-state index >= 15 is 0 Å². The standard InChI is InChI=1S/C22H22N2O2/c25-21(24-19-12-11-16-8-4-9-18(16)14-19)15-23-22(20-10-5-13-26-20)17-6-2-1-3-7-17/h1-3,5-7,10-14,22-23H,4,8-9,15H2,(H,24,25)/p+1/t22-/m0/s1. The fraction of sp³-hybridized carbons (Fsp3) is 0.227. The van der Waals surface area contributed by atoms with Crippen molar-refractivity contribution in [3.63, 3.8) is 0 Å². The number of benzene rings is 2. The second kappa shape index (κ2) is 7.58. The van der Waals surface area contributed by atoms with E-state index in [9.17, 15) is 4.79 Å². The molecule has 3 aromatic rings. The van der Waals surface area contributed by atoms with Crippen LogP contribution in [-0.2, 0) is 17.6 Å². The number of furan rings is 1. The number of fused-ring (bicyclic) bond motifs is 1. The molecule has 0 fully saturated rings. The Hall–Kier alpha value is -2.85. The number of carbonyl (C=O) groups excluding carboxylic acids is 1. The van der Waals surface area contributed by atoms with Crippen LogP contribution in [0.25, 0.3) is 0 Å². The Morgan fingerprint density at radius 3 is 2.69 bits per heavy atom. The molecule has 26 heavy (non-hydrogen) atoms. The van der Waals surface area contributed by atoms with Crippen LogP contribution in [0.5, 0.6) is 0 Å². The largest absolute Gasteiger partial charge is 0.463 e. The molecule has 1 aromatic heterocycles. The van der Waals surface area contributed by atoms with E-state index in [4.69, 9.17) is 4.42 Å². The van der Waals surface area contributed by atoms with Crippen molar-refractivity contribution in [3.8, 4) is 0 Å². The van der Waals surface area contributed by atoms with Crippen LogP contribution >= 0.6 is 0 Å². The minimum atomic E-state index is -0.0306. The predicted molar refractivity (Wildman–Crippen MR) is 101 cm³/mol. The molecule has 0 unspecified atom stereocenters. The summed E-state index contributed by atoms with van der Waals surface area (Å²) in [4.78, 5) is 12.4. The van der Waals surface area contributed by atoms with Gasteiger partial charge in [-0.1, -0.05) is 36.4 Å². The van der Waals surface area contributed by atoms with Gasteiger partial charge >= 0.3 is 0 Å². The quantitative estimate of drug-likeness (QED) is 0.720. The first kappa shape index (κ1) is 16.6. The number of carbonyl (C=O) groups is 1. The molecule has 0 radical (unpaired) electrons. The number of nitrogens with two attached hydrogens (primary N) is 1. The van der Waals surface area contributed by atoms with Crippen LogP contribution in [0.1, 0.15) is 34.9 Å². The summed E-state index contributed by atoms with van der Waals surface area (Å²) in [5, 5.41) is 5.03. The highest BCUT2D eigenvalue weighted by Gasteiger charge is 2.21. The van der Waals surface area contributed by atoms with Crippen molar-refractivity contribution < 1.29 is 14.5 Å².